The van der Waals surface area contributed by atoms with E-state index in [1.807, 2.05) is 0 Å². The third kappa shape index (κ3) is 4.19. The number of ether oxygens (including phenoxy) is 1. The summed E-state index contributed by atoms with van der Waals surface area (Å²) in [6, 6.07) is 10.7. The lowest BCUT2D eigenvalue weighted by Gasteiger charge is -2.36. The number of morpholine rings is 1. The van der Waals surface area contributed by atoms with Crippen molar-refractivity contribution in [2.75, 3.05) is 25.5 Å². The summed E-state index contributed by atoms with van der Waals surface area (Å²) in [7, 11) is 0. The summed E-state index contributed by atoms with van der Waals surface area (Å²) in [4.78, 5) is 19.1. The van der Waals surface area contributed by atoms with Crippen LogP contribution in [0.25, 0.3) is 10.9 Å². The van der Waals surface area contributed by atoms with Crippen molar-refractivity contribution in [3.63, 3.8) is 0 Å². The topological polar surface area (TPSA) is 88.7 Å². The Kier molecular flexibility index (Phi) is 5.55. The second-order valence-corrected chi connectivity index (χ2v) is 7.31. The van der Waals surface area contributed by atoms with Gasteiger partial charge in [-0.25, -0.2) is 4.98 Å². The number of carbonyl (C=O) groups is 1. The Bertz CT molecular complexity index is 1120. The lowest BCUT2D eigenvalue weighted by Crippen LogP contribution is -2.43. The first kappa shape index (κ1) is 21.1. The smallest absolute Gasteiger partial charge is 0.392 e. The predicted octanol–water partition coefficient (Wildman–Crippen LogP) is 3.54. The molecular formula is C22H20F3N3O3. The van der Waals surface area contributed by atoms with E-state index in [4.69, 9.17) is 10.5 Å². The number of benzene rings is 2. The maximum atomic E-state index is 13.3. The highest BCUT2D eigenvalue weighted by Gasteiger charge is 2.32. The van der Waals surface area contributed by atoms with E-state index < -0.39 is 17.8 Å². The summed E-state index contributed by atoms with van der Waals surface area (Å²) in [6.45, 7) is 0.559. The van der Waals surface area contributed by atoms with Gasteiger partial charge in [-0.15, -0.1) is 0 Å². The quantitative estimate of drug-likeness (QED) is 0.662. The molecule has 3 aromatic rings. The van der Waals surface area contributed by atoms with Crippen LogP contribution < -0.4 is 5.73 Å². The summed E-state index contributed by atoms with van der Waals surface area (Å²) in [5.41, 5.74) is 7.06. The average Bonchev–Trinajstić information content (AvgIpc) is 2.77. The van der Waals surface area contributed by atoms with Crippen LogP contribution in [-0.4, -0.2) is 40.7 Å². The molecule has 1 aromatic heterocycles. The van der Waals surface area contributed by atoms with Crippen LogP contribution in [0.3, 0.4) is 0 Å². The minimum absolute atomic E-state index is 0.185. The fourth-order valence-corrected chi connectivity index (χ4v) is 3.77. The zero-order valence-electron chi connectivity index (χ0n) is 16.4. The van der Waals surface area contributed by atoms with Crippen molar-refractivity contribution >= 4 is 22.6 Å². The van der Waals surface area contributed by atoms with Gasteiger partial charge in [-0.05, 0) is 47.5 Å². The van der Waals surface area contributed by atoms with Gasteiger partial charge in [0, 0.05) is 17.5 Å². The molecule has 4 rings (SSSR count). The number of nitrogens with zero attached hydrogens (tertiary/aromatic N) is 2. The molecular weight excluding hydrogens is 411 g/mol. The predicted molar refractivity (Wildman–Crippen MR) is 108 cm³/mol. The van der Waals surface area contributed by atoms with Crippen LogP contribution in [0, 0.1) is 0 Å². The molecule has 2 aromatic carbocycles. The number of hydrogen-bond donors (Lipinski definition) is 2. The SMILES string of the molecule is Nc1cc(CO)c2cc(C(=O)N3CCOCC3c3ccc(C(F)(F)F)cc3)ccc2n1. The average molecular weight is 431 g/mol. The second-order valence-electron chi connectivity index (χ2n) is 7.31. The molecule has 9 heteroatoms. The second kappa shape index (κ2) is 8.16. The number of aliphatic hydroxyl groups excluding tert-OH is 1. The number of aromatic nitrogens is 1. The summed E-state index contributed by atoms with van der Waals surface area (Å²) >= 11 is 0. The Hall–Kier alpha value is -3.17. The number of hydrogen-bond acceptors (Lipinski definition) is 5. The first-order chi connectivity index (χ1) is 14.8. The van der Waals surface area contributed by atoms with Crippen LogP contribution >= 0.6 is 0 Å². The highest BCUT2D eigenvalue weighted by Crippen LogP contribution is 2.32. The van der Waals surface area contributed by atoms with Crippen molar-refractivity contribution in [3.8, 4) is 0 Å². The Morgan fingerprint density at radius 3 is 2.61 bits per heavy atom. The van der Waals surface area contributed by atoms with E-state index in [1.54, 1.807) is 29.2 Å². The van der Waals surface area contributed by atoms with Crippen molar-refractivity contribution in [1.29, 1.82) is 0 Å². The van der Waals surface area contributed by atoms with E-state index >= 15 is 0 Å². The molecule has 0 radical (unpaired) electrons. The van der Waals surface area contributed by atoms with Gasteiger partial charge in [0.2, 0.25) is 0 Å². The van der Waals surface area contributed by atoms with Crippen molar-refractivity contribution in [2.45, 2.75) is 18.8 Å². The van der Waals surface area contributed by atoms with Crippen LogP contribution in [0.5, 0.6) is 0 Å². The Labute approximate surface area is 176 Å². The lowest BCUT2D eigenvalue weighted by molar-refractivity contribution is -0.137. The number of fused-ring (bicyclic) bond motifs is 1. The molecule has 1 fully saturated rings. The highest BCUT2D eigenvalue weighted by atomic mass is 19.4. The fourth-order valence-electron chi connectivity index (χ4n) is 3.77. The Morgan fingerprint density at radius 1 is 1.19 bits per heavy atom. The molecule has 0 aliphatic carbocycles. The number of nitrogens with two attached hydrogens (primary N) is 1. The van der Waals surface area contributed by atoms with Gasteiger partial charge in [0.25, 0.3) is 5.91 Å². The highest BCUT2D eigenvalue weighted by molar-refractivity contribution is 5.99. The number of carbonyl (C=O) groups excluding carboxylic acids is 1. The van der Waals surface area contributed by atoms with E-state index in [-0.39, 0.29) is 24.9 Å². The van der Waals surface area contributed by atoms with Gasteiger partial charge in [-0.2, -0.15) is 13.2 Å². The summed E-state index contributed by atoms with van der Waals surface area (Å²) in [5.74, 6) is -0.0120. The van der Waals surface area contributed by atoms with Crippen molar-refractivity contribution in [3.05, 3.63) is 70.8 Å². The van der Waals surface area contributed by atoms with Crippen LogP contribution in [-0.2, 0) is 17.5 Å². The lowest BCUT2D eigenvalue weighted by atomic mass is 10.0. The first-order valence-electron chi connectivity index (χ1n) is 9.64. The van der Waals surface area contributed by atoms with Gasteiger partial charge in [0.05, 0.1) is 36.9 Å². The minimum Gasteiger partial charge on any atom is -0.392 e. The number of nitrogen functional groups attached to an aromatic ring is 1. The van der Waals surface area contributed by atoms with Gasteiger partial charge >= 0.3 is 6.18 Å². The largest absolute Gasteiger partial charge is 0.416 e. The molecule has 31 heavy (non-hydrogen) atoms. The number of amides is 1. The van der Waals surface area contributed by atoms with Gasteiger partial charge in [0.15, 0.2) is 0 Å². The van der Waals surface area contributed by atoms with Gasteiger partial charge < -0.3 is 20.5 Å². The summed E-state index contributed by atoms with van der Waals surface area (Å²) < 4.78 is 44.1. The molecule has 1 unspecified atom stereocenters. The standard InChI is InChI=1S/C22H20F3N3O3/c23-22(24,25)16-4-1-13(2-5-16)19-12-31-8-7-28(19)21(30)14-3-6-18-17(9-14)15(11-29)10-20(26)27-18/h1-6,9-10,19,29H,7-8,11-12H2,(H2,26,27). The van der Waals surface area contributed by atoms with E-state index in [9.17, 15) is 23.1 Å². The van der Waals surface area contributed by atoms with Crippen LogP contribution in [0.4, 0.5) is 19.0 Å². The number of aliphatic hydroxyl groups is 1. The number of anilines is 1. The number of halogens is 3. The molecule has 162 valence electrons. The molecule has 1 aliphatic heterocycles. The summed E-state index contributed by atoms with van der Waals surface area (Å²) in [6.07, 6.45) is -4.43. The van der Waals surface area contributed by atoms with Crippen LogP contribution in [0.1, 0.15) is 33.1 Å². The number of alkyl halides is 3. The van der Waals surface area contributed by atoms with Crippen molar-refractivity contribution < 1.29 is 27.8 Å². The van der Waals surface area contributed by atoms with Gasteiger partial charge in [-0.1, -0.05) is 12.1 Å². The monoisotopic (exact) mass is 431 g/mol. The third-order valence-corrected chi connectivity index (χ3v) is 5.34. The van der Waals surface area contributed by atoms with Gasteiger partial charge in [0.1, 0.15) is 5.82 Å². The maximum absolute atomic E-state index is 13.3. The van der Waals surface area contributed by atoms with Crippen molar-refractivity contribution in [1.82, 2.24) is 9.88 Å². The molecule has 1 saturated heterocycles. The van der Waals surface area contributed by atoms with E-state index in [0.717, 1.165) is 12.1 Å². The Balaban J connectivity index is 1.67. The Morgan fingerprint density at radius 2 is 1.94 bits per heavy atom. The zero-order chi connectivity index (χ0) is 22.2. The normalized spacial score (nSPS) is 17.2. The molecule has 3 N–H and O–H groups in total. The molecule has 1 amide bonds. The minimum atomic E-state index is -4.43. The third-order valence-electron chi connectivity index (χ3n) is 5.34. The molecule has 0 spiro atoms. The zero-order valence-corrected chi connectivity index (χ0v) is 16.4. The maximum Gasteiger partial charge on any atom is 0.416 e. The number of rotatable bonds is 3. The molecule has 2 heterocycles. The molecule has 0 saturated carbocycles. The molecule has 1 atom stereocenters. The van der Waals surface area contributed by atoms with Crippen molar-refractivity contribution in [2.24, 2.45) is 0 Å². The van der Waals surface area contributed by atoms with Crippen LogP contribution in [0.15, 0.2) is 48.5 Å². The van der Waals surface area contributed by atoms with Crippen LogP contribution in [0.2, 0.25) is 0 Å². The molecule has 6 nitrogen and oxygen atoms in total. The molecule has 1 aliphatic rings. The first-order valence-corrected chi connectivity index (χ1v) is 9.64. The number of pyridine rings is 1. The van der Waals surface area contributed by atoms with E-state index in [0.29, 0.717) is 40.7 Å². The van der Waals surface area contributed by atoms with Gasteiger partial charge in [-0.3, -0.25) is 4.79 Å². The summed E-state index contributed by atoms with van der Waals surface area (Å²) in [5, 5.41) is 10.2. The van der Waals surface area contributed by atoms with E-state index in [2.05, 4.69) is 4.98 Å². The van der Waals surface area contributed by atoms with E-state index in [1.165, 1.54) is 12.1 Å². The fraction of sp³-hybridized carbons (Fsp3) is 0.273. The molecule has 0 bridgehead atoms.